The summed E-state index contributed by atoms with van der Waals surface area (Å²) >= 11 is 5.86. The highest BCUT2D eigenvalue weighted by atomic mass is 35.5. The van der Waals surface area contributed by atoms with Gasteiger partial charge in [-0.15, -0.1) is 0 Å². The van der Waals surface area contributed by atoms with Gasteiger partial charge in [-0.2, -0.15) is 0 Å². The lowest BCUT2D eigenvalue weighted by Gasteiger charge is -2.06. The number of amides is 1. The number of nitrogens with two attached hydrogens (primary N) is 1. The van der Waals surface area contributed by atoms with Crippen molar-refractivity contribution in [2.75, 3.05) is 5.73 Å². The Labute approximate surface area is 115 Å². The predicted octanol–water partition coefficient (Wildman–Crippen LogP) is 2.56. The third kappa shape index (κ3) is 3.39. The van der Waals surface area contributed by atoms with Gasteiger partial charge in [0, 0.05) is 12.1 Å². The van der Waals surface area contributed by atoms with Crippen LogP contribution >= 0.6 is 11.6 Å². The summed E-state index contributed by atoms with van der Waals surface area (Å²) in [4.78, 5) is 11.9. The molecule has 0 atom stereocenters. The van der Waals surface area contributed by atoms with Gasteiger partial charge >= 0.3 is 0 Å². The van der Waals surface area contributed by atoms with Crippen LogP contribution in [0.2, 0.25) is 5.02 Å². The Balaban J connectivity index is 2.01. The first kappa shape index (κ1) is 13.2. The molecule has 0 fully saturated rings. The molecule has 4 nitrogen and oxygen atoms in total. The summed E-state index contributed by atoms with van der Waals surface area (Å²) in [5, 5.41) is 12.3. The van der Waals surface area contributed by atoms with Gasteiger partial charge in [-0.3, -0.25) is 4.79 Å². The molecule has 0 saturated carbocycles. The first-order chi connectivity index (χ1) is 9.06. The number of hydrogen-bond acceptors (Lipinski definition) is 3. The van der Waals surface area contributed by atoms with E-state index in [1.807, 2.05) is 0 Å². The van der Waals surface area contributed by atoms with Crippen LogP contribution in [0.3, 0.4) is 0 Å². The molecule has 0 heterocycles. The average Bonchev–Trinajstić information content (AvgIpc) is 2.41. The van der Waals surface area contributed by atoms with E-state index in [2.05, 4.69) is 5.32 Å². The van der Waals surface area contributed by atoms with E-state index in [0.717, 1.165) is 5.56 Å². The highest BCUT2D eigenvalue weighted by Crippen LogP contribution is 2.19. The molecular formula is C14H13ClN2O2. The molecule has 2 rings (SSSR count). The predicted molar refractivity (Wildman–Crippen MR) is 75.1 cm³/mol. The molecule has 0 spiro atoms. The van der Waals surface area contributed by atoms with E-state index in [-0.39, 0.29) is 11.7 Å². The lowest BCUT2D eigenvalue weighted by molar-refractivity contribution is 0.0951. The topological polar surface area (TPSA) is 75.4 Å². The van der Waals surface area contributed by atoms with Crippen LogP contribution < -0.4 is 11.1 Å². The molecule has 19 heavy (non-hydrogen) atoms. The van der Waals surface area contributed by atoms with Crippen LogP contribution in [0.25, 0.3) is 0 Å². The quantitative estimate of drug-likeness (QED) is 0.754. The molecule has 0 aliphatic rings. The normalized spacial score (nSPS) is 10.2. The summed E-state index contributed by atoms with van der Waals surface area (Å²) in [6.45, 7) is 0.376. The van der Waals surface area contributed by atoms with Crippen molar-refractivity contribution in [2.24, 2.45) is 0 Å². The van der Waals surface area contributed by atoms with Gasteiger partial charge in [0.15, 0.2) is 0 Å². The van der Waals surface area contributed by atoms with Crippen LogP contribution in [0.4, 0.5) is 5.69 Å². The standard InChI is InChI=1S/C14H13ClN2O2/c15-12-7-10(3-6-13(12)16)14(19)17-8-9-1-4-11(18)5-2-9/h1-7,18H,8,16H2,(H,17,19). The van der Waals surface area contributed by atoms with Gasteiger partial charge < -0.3 is 16.2 Å². The van der Waals surface area contributed by atoms with E-state index in [4.69, 9.17) is 22.4 Å². The maximum atomic E-state index is 11.9. The zero-order chi connectivity index (χ0) is 13.8. The van der Waals surface area contributed by atoms with Gasteiger partial charge in [-0.1, -0.05) is 23.7 Å². The molecular weight excluding hydrogens is 264 g/mol. The van der Waals surface area contributed by atoms with E-state index in [1.165, 1.54) is 6.07 Å². The van der Waals surface area contributed by atoms with Crippen molar-refractivity contribution in [3.63, 3.8) is 0 Å². The van der Waals surface area contributed by atoms with Crippen LogP contribution in [-0.2, 0) is 6.54 Å². The highest BCUT2D eigenvalue weighted by molar-refractivity contribution is 6.33. The molecule has 0 aliphatic carbocycles. The molecule has 5 heteroatoms. The Hall–Kier alpha value is -2.20. The SMILES string of the molecule is Nc1ccc(C(=O)NCc2ccc(O)cc2)cc1Cl. The van der Waals surface area contributed by atoms with Crippen molar-refractivity contribution >= 4 is 23.2 Å². The van der Waals surface area contributed by atoms with Crippen LogP contribution in [-0.4, -0.2) is 11.0 Å². The van der Waals surface area contributed by atoms with Crippen molar-refractivity contribution in [3.05, 3.63) is 58.6 Å². The van der Waals surface area contributed by atoms with Gasteiger partial charge in [0.1, 0.15) is 5.75 Å². The molecule has 2 aromatic carbocycles. The number of phenolic OH excluding ortho intramolecular Hbond substituents is 1. The number of nitrogens with one attached hydrogen (secondary N) is 1. The third-order valence-electron chi connectivity index (χ3n) is 2.65. The second-order valence-corrected chi connectivity index (χ2v) is 4.49. The first-order valence-electron chi connectivity index (χ1n) is 5.67. The Bertz CT molecular complexity index is 597. The lowest BCUT2D eigenvalue weighted by Crippen LogP contribution is -2.22. The number of halogens is 1. The largest absolute Gasteiger partial charge is 0.508 e. The molecule has 2 aromatic rings. The number of carbonyl (C=O) groups is 1. The summed E-state index contributed by atoms with van der Waals surface area (Å²) in [6.07, 6.45) is 0. The summed E-state index contributed by atoms with van der Waals surface area (Å²) in [6, 6.07) is 11.4. The van der Waals surface area contributed by atoms with Crippen LogP contribution in [0, 0.1) is 0 Å². The van der Waals surface area contributed by atoms with Crippen molar-refractivity contribution in [3.8, 4) is 5.75 Å². The monoisotopic (exact) mass is 276 g/mol. The van der Waals surface area contributed by atoms with Gasteiger partial charge in [0.2, 0.25) is 0 Å². The maximum absolute atomic E-state index is 11.9. The molecule has 4 N–H and O–H groups in total. The molecule has 0 aromatic heterocycles. The minimum absolute atomic E-state index is 0.195. The zero-order valence-electron chi connectivity index (χ0n) is 10.1. The van der Waals surface area contributed by atoms with Gasteiger partial charge in [0.25, 0.3) is 5.91 Å². The number of phenols is 1. The fourth-order valence-corrected chi connectivity index (χ4v) is 1.75. The van der Waals surface area contributed by atoms with E-state index in [9.17, 15) is 4.79 Å². The van der Waals surface area contributed by atoms with Crippen molar-refractivity contribution in [2.45, 2.75) is 6.54 Å². The van der Waals surface area contributed by atoms with E-state index in [0.29, 0.717) is 22.8 Å². The summed E-state index contributed by atoms with van der Waals surface area (Å²) in [5.41, 5.74) is 7.37. The minimum atomic E-state index is -0.227. The molecule has 0 saturated heterocycles. The molecule has 0 bridgehead atoms. The lowest BCUT2D eigenvalue weighted by atomic mass is 10.1. The number of rotatable bonds is 3. The number of hydrogen-bond donors (Lipinski definition) is 3. The van der Waals surface area contributed by atoms with E-state index >= 15 is 0 Å². The highest BCUT2D eigenvalue weighted by Gasteiger charge is 2.07. The van der Waals surface area contributed by atoms with Crippen molar-refractivity contribution in [1.82, 2.24) is 5.32 Å². The summed E-state index contributed by atoms with van der Waals surface area (Å²) < 4.78 is 0. The summed E-state index contributed by atoms with van der Waals surface area (Å²) in [5.74, 6) is -0.0321. The van der Waals surface area contributed by atoms with Crippen molar-refractivity contribution in [1.29, 1.82) is 0 Å². The molecule has 0 radical (unpaired) electrons. The fraction of sp³-hybridized carbons (Fsp3) is 0.0714. The maximum Gasteiger partial charge on any atom is 0.251 e. The Morgan fingerprint density at radius 3 is 2.53 bits per heavy atom. The first-order valence-corrected chi connectivity index (χ1v) is 6.05. The molecule has 98 valence electrons. The average molecular weight is 277 g/mol. The second kappa shape index (κ2) is 5.63. The molecule has 0 aliphatic heterocycles. The minimum Gasteiger partial charge on any atom is -0.508 e. The van der Waals surface area contributed by atoms with Gasteiger partial charge in [-0.25, -0.2) is 0 Å². The number of nitrogen functional groups attached to an aromatic ring is 1. The zero-order valence-corrected chi connectivity index (χ0v) is 10.8. The van der Waals surface area contributed by atoms with E-state index < -0.39 is 0 Å². The summed E-state index contributed by atoms with van der Waals surface area (Å²) in [7, 11) is 0. The Morgan fingerprint density at radius 2 is 1.89 bits per heavy atom. The van der Waals surface area contributed by atoms with Crippen LogP contribution in [0.5, 0.6) is 5.75 Å². The number of aromatic hydroxyl groups is 1. The van der Waals surface area contributed by atoms with Gasteiger partial charge in [0.05, 0.1) is 10.7 Å². The van der Waals surface area contributed by atoms with Crippen LogP contribution in [0.15, 0.2) is 42.5 Å². The number of benzene rings is 2. The Morgan fingerprint density at radius 1 is 1.21 bits per heavy atom. The Kier molecular flexibility index (Phi) is 3.92. The van der Waals surface area contributed by atoms with Crippen LogP contribution in [0.1, 0.15) is 15.9 Å². The number of anilines is 1. The third-order valence-corrected chi connectivity index (χ3v) is 2.98. The molecule has 1 amide bonds. The smallest absolute Gasteiger partial charge is 0.251 e. The van der Waals surface area contributed by atoms with E-state index in [1.54, 1.807) is 36.4 Å². The van der Waals surface area contributed by atoms with Crippen molar-refractivity contribution < 1.29 is 9.90 Å². The number of carbonyl (C=O) groups excluding carboxylic acids is 1. The van der Waals surface area contributed by atoms with Gasteiger partial charge in [-0.05, 0) is 35.9 Å². The molecule has 0 unspecified atom stereocenters. The fourth-order valence-electron chi connectivity index (χ4n) is 1.57. The second-order valence-electron chi connectivity index (χ2n) is 4.09.